The van der Waals surface area contributed by atoms with Crippen LogP contribution in [0.5, 0.6) is 0 Å². The Balaban J connectivity index is 1.83. The van der Waals surface area contributed by atoms with Crippen molar-refractivity contribution in [3.8, 4) is 5.69 Å². The number of rotatable bonds is 5. The summed E-state index contributed by atoms with van der Waals surface area (Å²) in [4.78, 5) is 24.7. The summed E-state index contributed by atoms with van der Waals surface area (Å²) in [6.45, 7) is 3.71. The highest BCUT2D eigenvalue weighted by Crippen LogP contribution is 2.27. The van der Waals surface area contributed by atoms with Crippen molar-refractivity contribution < 1.29 is 18.7 Å². The second-order valence-electron chi connectivity index (χ2n) is 5.72. The van der Waals surface area contributed by atoms with Gasteiger partial charge in [0.1, 0.15) is 5.82 Å². The molecule has 0 saturated carbocycles. The fourth-order valence-electron chi connectivity index (χ4n) is 2.49. The molecule has 1 saturated heterocycles. The first kappa shape index (κ1) is 19.1. The zero-order valence-electron chi connectivity index (χ0n) is 14.6. The van der Waals surface area contributed by atoms with E-state index in [2.05, 4.69) is 21.0 Å². The van der Waals surface area contributed by atoms with Gasteiger partial charge in [-0.1, -0.05) is 17.8 Å². The largest absolute Gasteiger partial charge is 0.378 e. The molecule has 1 aliphatic heterocycles. The minimum atomic E-state index is -0.392. The predicted molar refractivity (Wildman–Crippen MR) is 97.0 cm³/mol. The summed E-state index contributed by atoms with van der Waals surface area (Å²) in [5, 5.41) is 8.85. The molecule has 2 heterocycles. The van der Waals surface area contributed by atoms with Gasteiger partial charge in [0.2, 0.25) is 17.8 Å². The molecule has 0 bridgehead atoms. The molecule has 11 heteroatoms. The summed E-state index contributed by atoms with van der Waals surface area (Å²) >= 11 is 1.14. The Kier molecular flexibility index (Phi) is 6.24. The number of halogens is 1. The van der Waals surface area contributed by atoms with Gasteiger partial charge in [-0.2, -0.15) is 0 Å². The fraction of sp³-hybridized carbons (Fsp3) is 0.375. The lowest BCUT2D eigenvalue weighted by atomic mass is 10.3. The van der Waals surface area contributed by atoms with Crippen LogP contribution in [0.2, 0.25) is 0 Å². The SMILES string of the molecule is CC(=O)NNC(=O)CSc1nnc(N2CCOCC2)n1-c1cccc(F)c1. The first-order valence-corrected chi connectivity index (χ1v) is 9.25. The van der Waals surface area contributed by atoms with Crippen LogP contribution in [-0.2, 0) is 14.3 Å². The maximum atomic E-state index is 13.8. The third-order valence-corrected chi connectivity index (χ3v) is 4.62. The van der Waals surface area contributed by atoms with Crippen LogP contribution in [0.15, 0.2) is 29.4 Å². The summed E-state index contributed by atoms with van der Waals surface area (Å²) < 4.78 is 20.8. The molecule has 1 aliphatic rings. The highest BCUT2D eigenvalue weighted by Gasteiger charge is 2.22. The first-order valence-electron chi connectivity index (χ1n) is 8.27. The third-order valence-electron chi connectivity index (χ3n) is 3.69. The molecule has 144 valence electrons. The lowest BCUT2D eigenvalue weighted by molar-refractivity contribution is -0.126. The molecule has 9 nitrogen and oxygen atoms in total. The van der Waals surface area contributed by atoms with Gasteiger partial charge in [-0.25, -0.2) is 4.39 Å². The molecular formula is C16H19FN6O3S. The third kappa shape index (κ3) is 4.95. The molecule has 0 atom stereocenters. The van der Waals surface area contributed by atoms with E-state index in [9.17, 15) is 14.0 Å². The van der Waals surface area contributed by atoms with E-state index in [1.54, 1.807) is 16.7 Å². The Morgan fingerprint density at radius 3 is 2.74 bits per heavy atom. The average molecular weight is 394 g/mol. The molecule has 3 rings (SSSR count). The number of hydrazine groups is 1. The maximum absolute atomic E-state index is 13.8. The van der Waals surface area contributed by atoms with Crippen LogP contribution in [0.25, 0.3) is 5.69 Å². The fourth-order valence-corrected chi connectivity index (χ4v) is 3.24. The molecule has 0 aliphatic carbocycles. The molecule has 1 fully saturated rings. The Morgan fingerprint density at radius 2 is 2.04 bits per heavy atom. The maximum Gasteiger partial charge on any atom is 0.248 e. The highest BCUT2D eigenvalue weighted by molar-refractivity contribution is 7.99. The van der Waals surface area contributed by atoms with Crippen molar-refractivity contribution >= 4 is 29.5 Å². The molecule has 0 radical (unpaired) electrons. The molecule has 0 unspecified atom stereocenters. The van der Waals surface area contributed by atoms with E-state index < -0.39 is 5.91 Å². The molecule has 2 aromatic rings. The molecular weight excluding hydrogens is 375 g/mol. The summed E-state index contributed by atoms with van der Waals surface area (Å²) in [7, 11) is 0. The number of carbonyl (C=O) groups is 2. The van der Waals surface area contributed by atoms with Gasteiger partial charge in [-0.05, 0) is 18.2 Å². The molecule has 2 amide bonds. The summed E-state index contributed by atoms with van der Waals surface area (Å²) in [5.74, 6) is -0.568. The number of hydrogen-bond donors (Lipinski definition) is 2. The van der Waals surface area contributed by atoms with Crippen LogP contribution in [-0.4, -0.2) is 58.6 Å². The number of anilines is 1. The number of morpholine rings is 1. The molecule has 0 spiro atoms. The van der Waals surface area contributed by atoms with E-state index in [1.165, 1.54) is 19.1 Å². The standard InChI is InChI=1S/C16H19FN6O3S/c1-11(24)18-19-14(25)10-27-16-21-20-15(22-5-7-26-8-6-22)23(16)13-4-2-3-12(17)9-13/h2-4,9H,5-8,10H2,1H3,(H,18,24)(H,19,25). The average Bonchev–Trinajstić information content (AvgIpc) is 3.09. The quantitative estimate of drug-likeness (QED) is 0.563. The van der Waals surface area contributed by atoms with Crippen LogP contribution in [0, 0.1) is 5.82 Å². The number of nitrogens with zero attached hydrogens (tertiary/aromatic N) is 4. The number of benzene rings is 1. The van der Waals surface area contributed by atoms with Gasteiger partial charge in [0.25, 0.3) is 0 Å². The van der Waals surface area contributed by atoms with E-state index >= 15 is 0 Å². The highest BCUT2D eigenvalue weighted by atomic mass is 32.2. The van der Waals surface area contributed by atoms with E-state index in [4.69, 9.17) is 4.74 Å². The van der Waals surface area contributed by atoms with Crippen LogP contribution in [0.1, 0.15) is 6.92 Å². The monoisotopic (exact) mass is 394 g/mol. The van der Waals surface area contributed by atoms with Crippen molar-refractivity contribution in [3.63, 3.8) is 0 Å². The zero-order chi connectivity index (χ0) is 19.2. The van der Waals surface area contributed by atoms with E-state index in [1.807, 2.05) is 4.90 Å². The number of nitrogens with one attached hydrogen (secondary N) is 2. The van der Waals surface area contributed by atoms with Crippen molar-refractivity contribution in [1.82, 2.24) is 25.6 Å². The normalized spacial score (nSPS) is 14.1. The Morgan fingerprint density at radius 1 is 1.26 bits per heavy atom. The number of carbonyl (C=O) groups excluding carboxylic acids is 2. The van der Waals surface area contributed by atoms with Gasteiger partial charge in [-0.3, -0.25) is 25.0 Å². The molecule has 2 N–H and O–H groups in total. The van der Waals surface area contributed by atoms with Crippen LogP contribution in [0.4, 0.5) is 10.3 Å². The smallest absolute Gasteiger partial charge is 0.248 e. The van der Waals surface area contributed by atoms with Crippen molar-refractivity contribution in [2.45, 2.75) is 12.1 Å². The summed E-state index contributed by atoms with van der Waals surface area (Å²) in [6.07, 6.45) is 0. The zero-order valence-corrected chi connectivity index (χ0v) is 15.5. The van der Waals surface area contributed by atoms with Crippen LogP contribution >= 0.6 is 11.8 Å². The molecule has 1 aromatic carbocycles. The van der Waals surface area contributed by atoms with E-state index in [0.29, 0.717) is 43.1 Å². The lowest BCUT2D eigenvalue weighted by Crippen LogP contribution is -2.41. The van der Waals surface area contributed by atoms with Crippen LogP contribution in [0.3, 0.4) is 0 Å². The van der Waals surface area contributed by atoms with Gasteiger partial charge in [-0.15, -0.1) is 10.2 Å². The Bertz CT molecular complexity index is 824. The minimum Gasteiger partial charge on any atom is -0.378 e. The number of aromatic nitrogens is 3. The minimum absolute atomic E-state index is 0.0108. The molecule has 27 heavy (non-hydrogen) atoms. The number of hydrogen-bond acceptors (Lipinski definition) is 7. The number of amides is 2. The summed E-state index contributed by atoms with van der Waals surface area (Å²) in [6, 6.07) is 6.09. The first-order chi connectivity index (χ1) is 13.0. The van der Waals surface area contributed by atoms with Crippen molar-refractivity contribution in [2.75, 3.05) is 37.0 Å². The van der Waals surface area contributed by atoms with Crippen molar-refractivity contribution in [1.29, 1.82) is 0 Å². The number of ether oxygens (including phenoxy) is 1. The Labute approximate surface area is 159 Å². The van der Waals surface area contributed by atoms with Gasteiger partial charge in [0.15, 0.2) is 5.16 Å². The number of thioether (sulfide) groups is 1. The van der Waals surface area contributed by atoms with Crippen LogP contribution < -0.4 is 15.8 Å². The van der Waals surface area contributed by atoms with Gasteiger partial charge in [0, 0.05) is 20.0 Å². The van der Waals surface area contributed by atoms with E-state index in [-0.39, 0.29) is 17.5 Å². The topological polar surface area (TPSA) is 101 Å². The Hall–Kier alpha value is -2.66. The predicted octanol–water partition coefficient (Wildman–Crippen LogP) is 0.502. The van der Waals surface area contributed by atoms with Gasteiger partial charge < -0.3 is 9.64 Å². The summed E-state index contributed by atoms with van der Waals surface area (Å²) in [5.41, 5.74) is 5.07. The second-order valence-corrected chi connectivity index (χ2v) is 6.66. The van der Waals surface area contributed by atoms with Gasteiger partial charge in [0.05, 0.1) is 24.7 Å². The molecule has 1 aromatic heterocycles. The van der Waals surface area contributed by atoms with E-state index in [0.717, 1.165) is 11.8 Å². The van der Waals surface area contributed by atoms with Crippen molar-refractivity contribution in [2.24, 2.45) is 0 Å². The second kappa shape index (κ2) is 8.82. The lowest BCUT2D eigenvalue weighted by Gasteiger charge is -2.27. The van der Waals surface area contributed by atoms with Gasteiger partial charge >= 0.3 is 0 Å². The van der Waals surface area contributed by atoms with Crippen molar-refractivity contribution in [3.05, 3.63) is 30.1 Å².